The van der Waals surface area contributed by atoms with E-state index in [1.54, 1.807) is 12.1 Å². The Balaban J connectivity index is 0.997. The summed E-state index contributed by atoms with van der Waals surface area (Å²) in [6.45, 7) is 6.91. The number of phenolic OH excluding ortho intramolecular Hbond substituents is 2. The van der Waals surface area contributed by atoms with E-state index < -0.39 is 18.4 Å². The number of hydrogen-bond donors (Lipinski definition) is 2. The molecule has 1 spiro atoms. The third-order valence-electron chi connectivity index (χ3n) is 13.1. The second-order valence-electron chi connectivity index (χ2n) is 14.8. The minimum Gasteiger partial charge on any atom is -0.504 e. The Hall–Kier alpha value is -3.09. The van der Waals surface area contributed by atoms with Crippen LogP contribution in [0.4, 0.5) is 4.79 Å². The van der Waals surface area contributed by atoms with Crippen LogP contribution in [0.3, 0.4) is 0 Å². The van der Waals surface area contributed by atoms with Crippen LogP contribution in [-0.2, 0) is 33.1 Å². The smallest absolute Gasteiger partial charge is 0.504 e. The minimum absolute atomic E-state index is 0.156. The van der Waals surface area contributed by atoms with Crippen LogP contribution in [0.1, 0.15) is 81.5 Å². The van der Waals surface area contributed by atoms with Crippen LogP contribution in [0.15, 0.2) is 24.3 Å². The zero-order chi connectivity index (χ0) is 28.7. The Bertz CT molecular complexity index is 1520. The predicted octanol–water partition coefficient (Wildman–Crippen LogP) is 6.32. The number of hydrogen-bond acceptors (Lipinski definition) is 7. The van der Waals surface area contributed by atoms with Gasteiger partial charge in [-0.05, 0) is 104 Å². The van der Waals surface area contributed by atoms with Crippen LogP contribution in [0.5, 0.6) is 23.0 Å². The van der Waals surface area contributed by atoms with E-state index in [4.69, 9.17) is 18.9 Å². The first kappa shape index (κ1) is 25.4. The van der Waals surface area contributed by atoms with Crippen molar-refractivity contribution in [2.24, 2.45) is 29.6 Å². The molecule has 2 aromatic carbocycles. The van der Waals surface area contributed by atoms with Gasteiger partial charge in [0, 0.05) is 22.0 Å². The van der Waals surface area contributed by atoms with Crippen LogP contribution >= 0.6 is 0 Å². The lowest BCUT2D eigenvalue weighted by molar-refractivity contribution is -0.127. The molecule has 2 aromatic rings. The molecule has 7 nitrogen and oxygen atoms in total. The van der Waals surface area contributed by atoms with Gasteiger partial charge in [0.05, 0.1) is 0 Å². The van der Waals surface area contributed by atoms with E-state index in [0.29, 0.717) is 47.5 Å². The fourth-order valence-corrected chi connectivity index (χ4v) is 11.5. The maximum absolute atomic E-state index is 13.6. The fraction of sp³-hybridized carbons (Fsp3) is 0.629. The quantitative estimate of drug-likeness (QED) is 0.407. The number of carbonyl (C=O) groups is 1. The predicted molar refractivity (Wildman–Crippen MR) is 153 cm³/mol. The maximum Gasteiger partial charge on any atom is 0.509 e. The van der Waals surface area contributed by atoms with Gasteiger partial charge in [0.2, 0.25) is 0 Å². The first-order valence-corrected chi connectivity index (χ1v) is 16.1. The number of phenols is 2. The van der Waals surface area contributed by atoms with Crippen molar-refractivity contribution < 1.29 is 34.0 Å². The number of carbonyl (C=O) groups excluding carboxylic acids is 1. The van der Waals surface area contributed by atoms with Gasteiger partial charge in [0.25, 0.3) is 0 Å². The number of aromatic hydroxyl groups is 2. The molecule has 11 atom stereocenters. The highest BCUT2D eigenvalue weighted by atomic mass is 16.7. The van der Waals surface area contributed by atoms with Crippen molar-refractivity contribution in [3.05, 3.63) is 46.5 Å². The van der Waals surface area contributed by atoms with Crippen LogP contribution in [0.25, 0.3) is 0 Å². The SMILES string of the molecule is CC1CC[C@]23c4c5ccc(O)c4O[C@H]2[C@@H](OC(=O)O[C@H]2CC[C@H]4[C@H](C)Cc6ccc(O)c7c6[C@@]4(C)[C@H]2O7)CC[C@H]3[C@H]1C5. The van der Waals surface area contributed by atoms with E-state index in [2.05, 4.69) is 26.8 Å². The Kier molecular flexibility index (Phi) is 5.02. The second kappa shape index (κ2) is 8.29. The van der Waals surface area contributed by atoms with Crippen molar-refractivity contribution in [1.29, 1.82) is 0 Å². The van der Waals surface area contributed by atoms with Gasteiger partial charge in [0.15, 0.2) is 23.0 Å². The lowest BCUT2D eigenvalue weighted by Crippen LogP contribution is -2.62. The van der Waals surface area contributed by atoms with Gasteiger partial charge in [-0.2, -0.15) is 0 Å². The molecule has 3 saturated carbocycles. The highest BCUT2D eigenvalue weighted by molar-refractivity contribution is 5.64. The Morgan fingerprint density at radius 2 is 1.40 bits per heavy atom. The monoisotopic (exact) mass is 572 g/mol. The molecule has 2 heterocycles. The fourth-order valence-electron chi connectivity index (χ4n) is 11.5. The van der Waals surface area contributed by atoms with Gasteiger partial charge in [0.1, 0.15) is 24.4 Å². The van der Waals surface area contributed by atoms with Gasteiger partial charge in [-0.1, -0.05) is 32.9 Å². The zero-order valence-corrected chi connectivity index (χ0v) is 24.6. The molecule has 222 valence electrons. The first-order chi connectivity index (χ1) is 20.2. The third kappa shape index (κ3) is 2.96. The summed E-state index contributed by atoms with van der Waals surface area (Å²) in [5.41, 5.74) is 4.23. The van der Waals surface area contributed by atoms with E-state index in [1.165, 1.54) is 16.7 Å². The van der Waals surface area contributed by atoms with Crippen LogP contribution in [0.2, 0.25) is 0 Å². The van der Waals surface area contributed by atoms with Gasteiger partial charge >= 0.3 is 6.16 Å². The standard InChI is InChI=1S/C35H40O7/c1-16-12-13-35-22-7-11-26(32(35)42-30-24(37)9-5-19(28(30)35)15-20(16)22)40-33(38)39-25-10-6-21-17(2)14-18-4-8-23(36)29-27(18)34(21,3)31(25)41-29/h4-5,8-9,16-17,20-22,25-26,31-32,36-37H,6-7,10-15H2,1-3H3/t16?,17-,20+,21+,22+,25+,26+,31+,32+,34+,35+/m1/s1. The molecule has 0 radical (unpaired) electrons. The molecule has 0 saturated heterocycles. The summed E-state index contributed by atoms with van der Waals surface area (Å²) < 4.78 is 25.4. The van der Waals surface area contributed by atoms with Gasteiger partial charge in [-0.25, -0.2) is 4.79 Å². The molecular formula is C35H40O7. The molecular weight excluding hydrogens is 532 g/mol. The minimum atomic E-state index is -0.671. The molecule has 7 aliphatic rings. The third-order valence-corrected chi connectivity index (χ3v) is 13.1. The normalized spacial score (nSPS) is 43.0. The van der Waals surface area contributed by atoms with Crippen molar-refractivity contribution in [3.63, 3.8) is 0 Å². The van der Waals surface area contributed by atoms with Gasteiger partial charge < -0.3 is 29.2 Å². The number of ether oxygens (including phenoxy) is 4. The molecule has 0 aromatic heterocycles. The topological polar surface area (TPSA) is 94.5 Å². The number of benzene rings is 2. The van der Waals surface area contributed by atoms with Crippen molar-refractivity contribution in [2.75, 3.05) is 0 Å². The summed E-state index contributed by atoms with van der Waals surface area (Å²) in [5.74, 6) is 4.06. The molecule has 9 rings (SSSR count). The lowest BCUT2D eigenvalue weighted by Gasteiger charge is -2.57. The summed E-state index contributed by atoms with van der Waals surface area (Å²) >= 11 is 0. The number of rotatable bonds is 2. The molecule has 7 heteroatoms. The lowest BCUT2D eigenvalue weighted by atomic mass is 9.46. The molecule has 42 heavy (non-hydrogen) atoms. The molecule has 2 aliphatic heterocycles. The van der Waals surface area contributed by atoms with Crippen LogP contribution in [-0.4, -0.2) is 40.8 Å². The summed E-state index contributed by atoms with van der Waals surface area (Å²) in [6, 6.07) is 7.59. The molecule has 1 unspecified atom stereocenters. The van der Waals surface area contributed by atoms with Crippen molar-refractivity contribution >= 4 is 6.16 Å². The Morgan fingerprint density at radius 1 is 0.786 bits per heavy atom. The molecule has 5 aliphatic carbocycles. The summed E-state index contributed by atoms with van der Waals surface area (Å²) in [4.78, 5) is 13.6. The highest BCUT2D eigenvalue weighted by Gasteiger charge is 2.67. The van der Waals surface area contributed by atoms with E-state index in [-0.39, 0.29) is 34.5 Å². The largest absolute Gasteiger partial charge is 0.509 e. The zero-order valence-electron chi connectivity index (χ0n) is 24.6. The summed E-state index contributed by atoms with van der Waals surface area (Å²) in [6.07, 6.45) is 5.16. The van der Waals surface area contributed by atoms with Crippen molar-refractivity contribution in [2.45, 2.75) is 107 Å². The Labute approximate surface area is 246 Å². The van der Waals surface area contributed by atoms with Crippen molar-refractivity contribution in [3.8, 4) is 23.0 Å². The van der Waals surface area contributed by atoms with E-state index >= 15 is 0 Å². The van der Waals surface area contributed by atoms with Gasteiger partial charge in [-0.3, -0.25) is 0 Å². The van der Waals surface area contributed by atoms with Crippen LogP contribution < -0.4 is 9.47 Å². The maximum atomic E-state index is 13.6. The molecule has 2 bridgehead atoms. The van der Waals surface area contributed by atoms with Gasteiger partial charge in [-0.15, -0.1) is 0 Å². The highest BCUT2D eigenvalue weighted by Crippen LogP contribution is 2.67. The second-order valence-corrected chi connectivity index (χ2v) is 14.8. The average molecular weight is 573 g/mol. The van der Waals surface area contributed by atoms with E-state index in [0.717, 1.165) is 50.5 Å². The van der Waals surface area contributed by atoms with Crippen molar-refractivity contribution in [1.82, 2.24) is 0 Å². The van der Waals surface area contributed by atoms with E-state index in [1.807, 2.05) is 6.07 Å². The molecule has 3 fully saturated rings. The summed E-state index contributed by atoms with van der Waals surface area (Å²) in [7, 11) is 0. The van der Waals surface area contributed by atoms with Crippen LogP contribution in [0, 0.1) is 29.6 Å². The van der Waals surface area contributed by atoms with E-state index in [9.17, 15) is 15.0 Å². The summed E-state index contributed by atoms with van der Waals surface area (Å²) in [5, 5.41) is 21.5. The first-order valence-electron chi connectivity index (χ1n) is 16.1. The Morgan fingerprint density at radius 3 is 2.14 bits per heavy atom. The average Bonchev–Trinajstić information content (AvgIpc) is 3.48. The molecule has 2 N–H and O–H groups in total. The molecule has 0 amide bonds.